The van der Waals surface area contributed by atoms with Gasteiger partial charge >= 0.3 is 0 Å². The van der Waals surface area contributed by atoms with Crippen LogP contribution in [0.15, 0.2) is 48.9 Å². The summed E-state index contributed by atoms with van der Waals surface area (Å²) in [5.41, 5.74) is 2.15. The van der Waals surface area contributed by atoms with E-state index in [1.807, 2.05) is 25.4 Å². The molecule has 0 bridgehead atoms. The summed E-state index contributed by atoms with van der Waals surface area (Å²) >= 11 is 0. The Kier molecular flexibility index (Phi) is 3.41. The molecule has 1 aromatic carbocycles. The van der Waals surface area contributed by atoms with Gasteiger partial charge in [0.2, 0.25) is 0 Å². The first-order chi connectivity index (χ1) is 9.86. The molecule has 20 heavy (non-hydrogen) atoms. The van der Waals surface area contributed by atoms with Gasteiger partial charge in [-0.2, -0.15) is 0 Å². The van der Waals surface area contributed by atoms with Crippen LogP contribution >= 0.6 is 0 Å². The minimum Gasteiger partial charge on any atom is -0.372 e. The Balaban J connectivity index is 1.83. The van der Waals surface area contributed by atoms with Crippen molar-refractivity contribution in [2.24, 2.45) is 0 Å². The third-order valence-corrected chi connectivity index (χ3v) is 3.07. The summed E-state index contributed by atoms with van der Waals surface area (Å²) < 4.78 is 0. The Morgan fingerprint density at radius 1 is 1.05 bits per heavy atom. The van der Waals surface area contributed by atoms with Crippen molar-refractivity contribution in [2.45, 2.75) is 6.54 Å². The molecule has 100 valence electrons. The number of aromatic nitrogens is 3. The molecule has 5 nitrogen and oxygen atoms in total. The van der Waals surface area contributed by atoms with Gasteiger partial charge in [-0.15, -0.1) is 0 Å². The number of nitrogens with one attached hydrogen (secondary N) is 2. The van der Waals surface area contributed by atoms with Crippen molar-refractivity contribution >= 4 is 22.5 Å². The van der Waals surface area contributed by atoms with Crippen LogP contribution in [0.1, 0.15) is 5.56 Å². The van der Waals surface area contributed by atoms with Crippen LogP contribution in [-0.2, 0) is 6.54 Å². The van der Waals surface area contributed by atoms with E-state index in [0.717, 1.165) is 28.1 Å². The fraction of sp³-hybridized carbons (Fsp3) is 0.133. The van der Waals surface area contributed by atoms with Crippen LogP contribution in [-0.4, -0.2) is 22.0 Å². The minimum atomic E-state index is 0.663. The van der Waals surface area contributed by atoms with Crippen LogP contribution in [0, 0.1) is 0 Å². The summed E-state index contributed by atoms with van der Waals surface area (Å²) in [4.78, 5) is 12.9. The topological polar surface area (TPSA) is 62.7 Å². The van der Waals surface area contributed by atoms with Crippen molar-refractivity contribution in [3.05, 3.63) is 54.5 Å². The number of hydrogen-bond donors (Lipinski definition) is 2. The number of nitrogens with zero attached hydrogens (tertiary/aromatic N) is 3. The highest BCUT2D eigenvalue weighted by atomic mass is 15.1. The van der Waals surface area contributed by atoms with E-state index in [9.17, 15) is 0 Å². The lowest BCUT2D eigenvalue weighted by molar-refractivity contribution is 1.09. The minimum absolute atomic E-state index is 0.663. The second-order valence-corrected chi connectivity index (χ2v) is 4.39. The highest BCUT2D eigenvalue weighted by Crippen LogP contribution is 2.17. The van der Waals surface area contributed by atoms with Crippen LogP contribution < -0.4 is 10.6 Å². The molecule has 0 fully saturated rings. The first kappa shape index (κ1) is 12.3. The number of rotatable bonds is 4. The Morgan fingerprint density at radius 2 is 1.90 bits per heavy atom. The van der Waals surface area contributed by atoms with Crippen LogP contribution in [0.4, 0.5) is 11.6 Å². The molecule has 0 aliphatic carbocycles. The maximum atomic E-state index is 4.44. The van der Waals surface area contributed by atoms with Crippen molar-refractivity contribution in [1.82, 2.24) is 15.0 Å². The lowest BCUT2D eigenvalue weighted by Crippen LogP contribution is -2.04. The molecule has 0 saturated heterocycles. The predicted molar refractivity (Wildman–Crippen MR) is 80.6 cm³/mol. The van der Waals surface area contributed by atoms with Crippen molar-refractivity contribution in [3.8, 4) is 0 Å². The molecule has 0 radical (unpaired) electrons. The molecule has 2 N–H and O–H groups in total. The van der Waals surface area contributed by atoms with Gasteiger partial charge in [-0.05, 0) is 11.6 Å². The number of pyridine rings is 1. The normalized spacial score (nSPS) is 10.4. The molecule has 3 aromatic rings. The third-order valence-electron chi connectivity index (χ3n) is 3.07. The highest BCUT2D eigenvalue weighted by molar-refractivity contribution is 5.81. The quantitative estimate of drug-likeness (QED) is 0.759. The van der Waals surface area contributed by atoms with Gasteiger partial charge in [-0.3, -0.25) is 9.97 Å². The Morgan fingerprint density at radius 3 is 2.80 bits per heavy atom. The zero-order valence-electron chi connectivity index (χ0n) is 11.2. The molecular formula is C15H15N5. The van der Waals surface area contributed by atoms with Crippen LogP contribution in [0.25, 0.3) is 10.9 Å². The average Bonchev–Trinajstić information content (AvgIpc) is 2.53. The summed E-state index contributed by atoms with van der Waals surface area (Å²) in [7, 11) is 1.82. The fourth-order valence-electron chi connectivity index (χ4n) is 2.07. The van der Waals surface area contributed by atoms with E-state index in [1.165, 1.54) is 0 Å². The first-order valence-electron chi connectivity index (χ1n) is 6.43. The Bertz CT molecular complexity index is 721. The number of para-hydroxylation sites is 1. The van der Waals surface area contributed by atoms with Gasteiger partial charge < -0.3 is 10.6 Å². The maximum Gasteiger partial charge on any atom is 0.147 e. The molecule has 2 aromatic heterocycles. The largest absolute Gasteiger partial charge is 0.372 e. The number of hydrogen-bond acceptors (Lipinski definition) is 5. The van der Waals surface area contributed by atoms with Gasteiger partial charge in [-0.25, -0.2) is 4.98 Å². The molecule has 5 heteroatoms. The van der Waals surface area contributed by atoms with Crippen molar-refractivity contribution in [2.75, 3.05) is 17.7 Å². The molecule has 2 heterocycles. The zero-order chi connectivity index (χ0) is 13.8. The van der Waals surface area contributed by atoms with Crippen molar-refractivity contribution in [1.29, 1.82) is 0 Å². The van der Waals surface area contributed by atoms with Crippen LogP contribution in [0.2, 0.25) is 0 Å². The second-order valence-electron chi connectivity index (χ2n) is 4.39. The summed E-state index contributed by atoms with van der Waals surface area (Å²) in [6.45, 7) is 0.663. The summed E-state index contributed by atoms with van der Waals surface area (Å²) in [5, 5.41) is 7.38. The molecule has 0 amide bonds. The number of benzene rings is 1. The van der Waals surface area contributed by atoms with E-state index >= 15 is 0 Å². The zero-order valence-corrected chi connectivity index (χ0v) is 11.2. The van der Waals surface area contributed by atoms with E-state index in [0.29, 0.717) is 6.54 Å². The third kappa shape index (κ3) is 2.51. The van der Waals surface area contributed by atoms with Gasteiger partial charge in [0.1, 0.15) is 11.6 Å². The van der Waals surface area contributed by atoms with E-state index < -0.39 is 0 Å². The van der Waals surface area contributed by atoms with E-state index in [1.54, 1.807) is 12.4 Å². The van der Waals surface area contributed by atoms with Gasteiger partial charge in [0, 0.05) is 25.2 Å². The SMILES string of the molecule is CNc1cncc(NCc2cccc3cccnc23)n1. The smallest absolute Gasteiger partial charge is 0.147 e. The lowest BCUT2D eigenvalue weighted by Gasteiger charge is -2.08. The predicted octanol–water partition coefficient (Wildman–Crippen LogP) is 2.68. The number of anilines is 2. The van der Waals surface area contributed by atoms with Gasteiger partial charge in [0.15, 0.2) is 0 Å². The second kappa shape index (κ2) is 5.52. The van der Waals surface area contributed by atoms with Gasteiger partial charge in [-0.1, -0.05) is 24.3 Å². The van der Waals surface area contributed by atoms with E-state index in [2.05, 4.69) is 43.8 Å². The molecule has 3 rings (SSSR count). The summed E-state index contributed by atoms with van der Waals surface area (Å²) in [6, 6.07) is 10.2. The molecule has 0 aliphatic heterocycles. The van der Waals surface area contributed by atoms with E-state index in [4.69, 9.17) is 0 Å². The van der Waals surface area contributed by atoms with E-state index in [-0.39, 0.29) is 0 Å². The van der Waals surface area contributed by atoms with Crippen LogP contribution in [0.5, 0.6) is 0 Å². The van der Waals surface area contributed by atoms with Gasteiger partial charge in [0.05, 0.1) is 17.9 Å². The Hall–Kier alpha value is -2.69. The average molecular weight is 265 g/mol. The number of fused-ring (bicyclic) bond motifs is 1. The Labute approximate surface area is 117 Å². The van der Waals surface area contributed by atoms with Crippen molar-refractivity contribution < 1.29 is 0 Å². The maximum absolute atomic E-state index is 4.44. The first-order valence-corrected chi connectivity index (χ1v) is 6.43. The molecular weight excluding hydrogens is 250 g/mol. The standard InChI is InChI=1S/C15H15N5/c1-16-13-9-17-10-14(20-13)19-8-12-5-2-4-11-6-3-7-18-15(11)12/h2-7,9-10H,8H2,1H3,(H2,16,19,20). The fourth-order valence-corrected chi connectivity index (χ4v) is 2.07. The molecule has 0 aliphatic rings. The monoisotopic (exact) mass is 265 g/mol. The molecule has 0 atom stereocenters. The summed E-state index contributed by atoms with van der Waals surface area (Å²) in [5.74, 6) is 1.48. The van der Waals surface area contributed by atoms with Gasteiger partial charge in [0.25, 0.3) is 0 Å². The lowest BCUT2D eigenvalue weighted by atomic mass is 10.1. The molecule has 0 saturated carbocycles. The molecule has 0 spiro atoms. The molecule has 0 unspecified atom stereocenters. The summed E-state index contributed by atoms with van der Waals surface area (Å²) in [6.07, 6.45) is 5.21. The highest BCUT2D eigenvalue weighted by Gasteiger charge is 2.02. The van der Waals surface area contributed by atoms with Crippen molar-refractivity contribution in [3.63, 3.8) is 0 Å². The van der Waals surface area contributed by atoms with Crippen LogP contribution in [0.3, 0.4) is 0 Å².